The van der Waals surface area contributed by atoms with Crippen molar-refractivity contribution in [3.05, 3.63) is 107 Å². The van der Waals surface area contributed by atoms with E-state index in [1.54, 1.807) is 55.5 Å². The molecule has 190 valence electrons. The molecule has 1 atom stereocenters. The van der Waals surface area contributed by atoms with Crippen molar-refractivity contribution < 1.29 is 29.0 Å². The third-order valence-electron chi connectivity index (χ3n) is 5.95. The Morgan fingerprint density at radius 3 is 2.30 bits per heavy atom. The lowest BCUT2D eigenvalue weighted by Crippen LogP contribution is -2.29. The number of hydrogen-bond acceptors (Lipinski definition) is 6. The summed E-state index contributed by atoms with van der Waals surface area (Å²) in [6, 6.07) is 21.8. The van der Waals surface area contributed by atoms with Crippen LogP contribution >= 0.6 is 0 Å². The number of carbonyl (C=O) groups excluding carboxylic acids is 3. The Morgan fingerprint density at radius 1 is 0.946 bits per heavy atom. The van der Waals surface area contributed by atoms with Gasteiger partial charge in [0.25, 0.3) is 11.7 Å². The van der Waals surface area contributed by atoms with E-state index < -0.39 is 23.7 Å². The Bertz CT molecular complexity index is 1330. The number of aliphatic hydroxyl groups is 1. The molecule has 3 aromatic rings. The second-order valence-electron chi connectivity index (χ2n) is 8.95. The van der Waals surface area contributed by atoms with Crippen LogP contribution in [0.3, 0.4) is 0 Å². The minimum atomic E-state index is -0.791. The van der Waals surface area contributed by atoms with Gasteiger partial charge in [-0.2, -0.15) is 0 Å². The number of ether oxygens (including phenoxy) is 2. The van der Waals surface area contributed by atoms with E-state index in [2.05, 4.69) is 0 Å². The molecule has 1 aliphatic rings. The molecule has 1 N–H and O–H groups in total. The van der Waals surface area contributed by atoms with Gasteiger partial charge in [0.15, 0.2) is 0 Å². The zero-order chi connectivity index (χ0) is 26.5. The van der Waals surface area contributed by atoms with Crippen LogP contribution in [0, 0.1) is 0 Å². The average Bonchev–Trinajstić information content (AvgIpc) is 3.14. The molecule has 7 nitrogen and oxygen atoms in total. The highest BCUT2D eigenvalue weighted by molar-refractivity contribution is 6.46. The van der Waals surface area contributed by atoms with E-state index in [4.69, 9.17) is 9.47 Å². The lowest BCUT2D eigenvalue weighted by atomic mass is 9.95. The molecule has 4 rings (SSSR count). The van der Waals surface area contributed by atoms with Crippen molar-refractivity contribution >= 4 is 23.4 Å². The van der Waals surface area contributed by atoms with Crippen LogP contribution in [0.1, 0.15) is 53.9 Å². The van der Waals surface area contributed by atoms with Gasteiger partial charge < -0.3 is 19.5 Å². The molecule has 37 heavy (non-hydrogen) atoms. The third-order valence-corrected chi connectivity index (χ3v) is 5.95. The first-order valence-electron chi connectivity index (χ1n) is 12.2. The molecule has 0 aliphatic carbocycles. The maximum absolute atomic E-state index is 13.3. The van der Waals surface area contributed by atoms with Crippen LogP contribution in [0.15, 0.2) is 84.4 Å². The molecule has 0 saturated carbocycles. The van der Waals surface area contributed by atoms with Gasteiger partial charge in [0.2, 0.25) is 0 Å². The van der Waals surface area contributed by atoms with Gasteiger partial charge in [0, 0.05) is 12.1 Å². The smallest absolute Gasteiger partial charge is 0.338 e. The fourth-order valence-electron chi connectivity index (χ4n) is 4.33. The summed E-state index contributed by atoms with van der Waals surface area (Å²) < 4.78 is 10.8. The van der Waals surface area contributed by atoms with Crippen LogP contribution in [-0.2, 0) is 20.9 Å². The molecule has 0 bridgehead atoms. The van der Waals surface area contributed by atoms with Gasteiger partial charge in [-0.15, -0.1) is 0 Å². The number of likely N-dealkylation sites (tertiary alicyclic amines) is 1. The number of esters is 1. The third kappa shape index (κ3) is 5.56. The second-order valence-corrected chi connectivity index (χ2v) is 8.95. The predicted octanol–water partition coefficient (Wildman–Crippen LogP) is 5.27. The number of amides is 1. The number of carbonyl (C=O) groups is 3. The van der Waals surface area contributed by atoms with E-state index in [-0.39, 0.29) is 30.6 Å². The molecule has 3 aromatic carbocycles. The van der Waals surface area contributed by atoms with Crippen molar-refractivity contribution in [3.63, 3.8) is 0 Å². The van der Waals surface area contributed by atoms with Crippen LogP contribution in [0.4, 0.5) is 0 Å². The molecular formula is C30H29NO6. The van der Waals surface area contributed by atoms with Crippen LogP contribution < -0.4 is 4.74 Å². The lowest BCUT2D eigenvalue weighted by Gasteiger charge is -2.25. The SMILES string of the molecule is CCOC(=O)c1ccc(CN2C(=O)C(=O)/C(=C(/O)c3cccc(OC(C)C)c3)C2c2ccccc2)cc1. The topological polar surface area (TPSA) is 93.1 Å². The van der Waals surface area contributed by atoms with Gasteiger partial charge in [0.1, 0.15) is 11.5 Å². The highest BCUT2D eigenvalue weighted by Crippen LogP contribution is 2.40. The van der Waals surface area contributed by atoms with Crippen molar-refractivity contribution in [1.29, 1.82) is 0 Å². The molecule has 1 unspecified atom stereocenters. The summed E-state index contributed by atoms with van der Waals surface area (Å²) in [5.41, 5.74) is 2.22. The number of rotatable bonds is 8. The number of hydrogen-bond donors (Lipinski definition) is 1. The molecule has 0 radical (unpaired) electrons. The number of ketones is 1. The summed E-state index contributed by atoms with van der Waals surface area (Å²) in [4.78, 5) is 40.0. The second kappa shape index (κ2) is 11.1. The first-order valence-corrected chi connectivity index (χ1v) is 12.2. The van der Waals surface area contributed by atoms with Gasteiger partial charge in [-0.05, 0) is 56.2 Å². The van der Waals surface area contributed by atoms with E-state index in [0.29, 0.717) is 22.4 Å². The van der Waals surface area contributed by atoms with Crippen LogP contribution in [0.2, 0.25) is 0 Å². The normalized spacial score (nSPS) is 16.8. The van der Waals surface area contributed by atoms with Gasteiger partial charge in [-0.1, -0.05) is 54.6 Å². The number of aliphatic hydroxyl groups excluding tert-OH is 1. The maximum atomic E-state index is 13.3. The van der Waals surface area contributed by atoms with Crippen molar-refractivity contribution in [2.24, 2.45) is 0 Å². The molecule has 0 aromatic heterocycles. The first kappa shape index (κ1) is 25.7. The van der Waals surface area contributed by atoms with Crippen LogP contribution in [0.5, 0.6) is 5.75 Å². The van der Waals surface area contributed by atoms with E-state index in [0.717, 1.165) is 5.56 Å². The van der Waals surface area contributed by atoms with E-state index >= 15 is 0 Å². The summed E-state index contributed by atoms with van der Waals surface area (Å²) >= 11 is 0. The van der Waals surface area contributed by atoms with E-state index in [1.165, 1.54) is 4.90 Å². The Hall–Kier alpha value is -4.39. The van der Waals surface area contributed by atoms with Crippen LogP contribution in [0.25, 0.3) is 5.76 Å². The molecule has 1 amide bonds. The zero-order valence-corrected chi connectivity index (χ0v) is 21.0. The van der Waals surface area contributed by atoms with Gasteiger partial charge in [0.05, 0.1) is 29.9 Å². The van der Waals surface area contributed by atoms with Crippen molar-refractivity contribution in [2.75, 3.05) is 6.61 Å². The minimum absolute atomic E-state index is 0.0149. The molecule has 1 aliphatic heterocycles. The summed E-state index contributed by atoms with van der Waals surface area (Å²) in [6.07, 6.45) is -0.0671. The molecule has 0 spiro atoms. The van der Waals surface area contributed by atoms with Crippen molar-refractivity contribution in [1.82, 2.24) is 4.90 Å². The zero-order valence-electron chi connectivity index (χ0n) is 21.0. The lowest BCUT2D eigenvalue weighted by molar-refractivity contribution is -0.140. The number of Topliss-reactive ketones (excluding diaryl/α,β-unsaturated/α-hetero) is 1. The minimum Gasteiger partial charge on any atom is -0.507 e. The fourth-order valence-corrected chi connectivity index (χ4v) is 4.33. The Labute approximate surface area is 215 Å². The summed E-state index contributed by atoms with van der Waals surface area (Å²) in [7, 11) is 0. The number of benzene rings is 3. The summed E-state index contributed by atoms with van der Waals surface area (Å²) in [5, 5.41) is 11.3. The van der Waals surface area contributed by atoms with E-state index in [9.17, 15) is 19.5 Å². The Balaban J connectivity index is 1.74. The van der Waals surface area contributed by atoms with Gasteiger partial charge in [-0.25, -0.2) is 4.79 Å². The molecule has 1 saturated heterocycles. The first-order chi connectivity index (χ1) is 17.8. The molecular weight excluding hydrogens is 470 g/mol. The number of nitrogens with zero attached hydrogens (tertiary/aromatic N) is 1. The van der Waals surface area contributed by atoms with Gasteiger partial charge >= 0.3 is 5.97 Å². The summed E-state index contributed by atoms with van der Waals surface area (Å²) in [5.74, 6) is -1.61. The highest BCUT2D eigenvalue weighted by atomic mass is 16.5. The summed E-state index contributed by atoms with van der Waals surface area (Å²) in [6.45, 7) is 5.91. The Morgan fingerprint density at radius 2 is 1.65 bits per heavy atom. The highest BCUT2D eigenvalue weighted by Gasteiger charge is 2.46. The monoisotopic (exact) mass is 499 g/mol. The fraction of sp³-hybridized carbons (Fsp3) is 0.233. The van der Waals surface area contributed by atoms with Crippen molar-refractivity contribution in [3.8, 4) is 5.75 Å². The predicted molar refractivity (Wildman–Crippen MR) is 139 cm³/mol. The Kier molecular flexibility index (Phi) is 7.72. The largest absolute Gasteiger partial charge is 0.507 e. The van der Waals surface area contributed by atoms with Gasteiger partial charge in [-0.3, -0.25) is 9.59 Å². The standard InChI is InChI=1S/C30H29NO6/c1-4-36-30(35)22-15-13-20(14-16-22)18-31-26(21-9-6-5-7-10-21)25(28(33)29(31)34)27(32)23-11-8-12-24(17-23)37-19(2)3/h5-17,19,26,32H,4,18H2,1-3H3/b27-25+. The average molecular weight is 500 g/mol. The molecule has 1 heterocycles. The molecule has 1 fully saturated rings. The quantitative estimate of drug-likeness (QED) is 0.196. The van der Waals surface area contributed by atoms with Crippen molar-refractivity contribution in [2.45, 2.75) is 39.5 Å². The van der Waals surface area contributed by atoms with E-state index in [1.807, 2.05) is 44.2 Å². The maximum Gasteiger partial charge on any atom is 0.338 e. The molecule has 7 heteroatoms. The van der Waals surface area contributed by atoms with Crippen LogP contribution in [-0.4, -0.2) is 40.4 Å².